The van der Waals surface area contributed by atoms with Gasteiger partial charge in [0.1, 0.15) is 5.78 Å². The van der Waals surface area contributed by atoms with Crippen molar-refractivity contribution in [2.24, 2.45) is 11.3 Å². The summed E-state index contributed by atoms with van der Waals surface area (Å²) >= 11 is 0. The van der Waals surface area contributed by atoms with Crippen LogP contribution < -0.4 is 0 Å². The molecule has 0 aliphatic heterocycles. The molecule has 2 saturated carbocycles. The summed E-state index contributed by atoms with van der Waals surface area (Å²) in [5, 5.41) is 19.4. The van der Waals surface area contributed by atoms with E-state index < -0.39 is 11.5 Å². The Hall–Kier alpha value is -0.410. The number of fused-ring (bicyclic) bond motifs is 1. The predicted molar refractivity (Wildman–Crippen MR) is 51.7 cm³/mol. The molecule has 0 aromatic carbocycles. The van der Waals surface area contributed by atoms with Gasteiger partial charge in [0, 0.05) is 17.8 Å². The number of aliphatic hydroxyl groups is 2. The maximum atomic E-state index is 11.7. The second kappa shape index (κ2) is 3.63. The van der Waals surface area contributed by atoms with Gasteiger partial charge in [-0.15, -0.1) is 0 Å². The highest BCUT2D eigenvalue weighted by Crippen LogP contribution is 2.48. The Morgan fingerprint density at radius 1 is 1.36 bits per heavy atom. The topological polar surface area (TPSA) is 57.5 Å². The van der Waals surface area contributed by atoms with Crippen molar-refractivity contribution in [2.45, 2.75) is 44.6 Å². The van der Waals surface area contributed by atoms with Crippen LogP contribution in [0, 0.1) is 11.3 Å². The van der Waals surface area contributed by atoms with Gasteiger partial charge in [0.15, 0.2) is 0 Å². The van der Waals surface area contributed by atoms with Crippen LogP contribution in [-0.4, -0.2) is 28.7 Å². The molecule has 0 aromatic heterocycles. The summed E-state index contributed by atoms with van der Waals surface area (Å²) in [5.74, 6) is 0.175. The Bertz CT molecular complexity index is 239. The summed E-state index contributed by atoms with van der Waals surface area (Å²) in [6.07, 6.45) is 4.31. The average molecular weight is 198 g/mol. The van der Waals surface area contributed by atoms with Gasteiger partial charge in [0.25, 0.3) is 0 Å². The van der Waals surface area contributed by atoms with Crippen molar-refractivity contribution < 1.29 is 15.0 Å². The predicted octanol–water partition coefficient (Wildman–Crippen LogP) is 0.879. The molecule has 14 heavy (non-hydrogen) atoms. The minimum absolute atomic E-state index is 0.0371. The molecule has 2 N–H and O–H groups in total. The fourth-order valence-corrected chi connectivity index (χ4v) is 3.18. The molecule has 0 saturated heterocycles. The Morgan fingerprint density at radius 2 is 2.14 bits per heavy atom. The molecule has 80 valence electrons. The van der Waals surface area contributed by atoms with Crippen molar-refractivity contribution in [1.82, 2.24) is 0 Å². The van der Waals surface area contributed by atoms with Crippen LogP contribution in [0.1, 0.15) is 38.5 Å². The lowest BCUT2D eigenvalue weighted by Crippen LogP contribution is -2.53. The number of hydrogen-bond donors (Lipinski definition) is 2. The highest BCUT2D eigenvalue weighted by molar-refractivity contribution is 5.83. The number of Topliss-reactive ketones (excluding diaryl/α,β-unsaturated/α-hetero) is 1. The van der Waals surface area contributed by atoms with Gasteiger partial charge in [-0.2, -0.15) is 0 Å². The Morgan fingerprint density at radius 3 is 2.79 bits per heavy atom. The summed E-state index contributed by atoms with van der Waals surface area (Å²) < 4.78 is 0. The Labute approximate surface area is 84.1 Å². The van der Waals surface area contributed by atoms with Crippen LogP contribution in [0.4, 0.5) is 0 Å². The number of aliphatic hydroxyl groups excluding tert-OH is 2. The highest BCUT2D eigenvalue weighted by Gasteiger charge is 2.51. The van der Waals surface area contributed by atoms with Crippen LogP contribution in [0.25, 0.3) is 0 Å². The fraction of sp³-hybridized carbons (Fsp3) is 0.909. The minimum Gasteiger partial charge on any atom is -0.396 e. The van der Waals surface area contributed by atoms with E-state index in [2.05, 4.69) is 0 Å². The van der Waals surface area contributed by atoms with E-state index in [1.807, 2.05) is 0 Å². The normalized spacial score (nSPS) is 43.4. The number of hydrogen-bond acceptors (Lipinski definition) is 3. The van der Waals surface area contributed by atoms with Crippen LogP contribution >= 0.6 is 0 Å². The first-order chi connectivity index (χ1) is 6.70. The lowest BCUT2D eigenvalue weighted by atomic mass is 9.58. The number of ketones is 1. The molecular formula is C11H18O3. The molecule has 0 bridgehead atoms. The van der Waals surface area contributed by atoms with Crippen molar-refractivity contribution in [2.75, 3.05) is 6.61 Å². The smallest absolute Gasteiger partial charge is 0.136 e. The zero-order chi connectivity index (χ0) is 10.2. The molecular weight excluding hydrogens is 180 g/mol. The standard InChI is InChI=1S/C11H18O3/c12-7-11-6-2-1-3-8(11)9(13)4-5-10(11)14/h8,10,12,14H,1-7H2/t8-,10+,11-/m1/s1. The van der Waals surface area contributed by atoms with Gasteiger partial charge in [-0.25, -0.2) is 0 Å². The number of carbonyl (C=O) groups excluding carboxylic acids is 1. The van der Waals surface area contributed by atoms with E-state index in [1.54, 1.807) is 0 Å². The Kier molecular flexibility index (Phi) is 2.62. The van der Waals surface area contributed by atoms with Gasteiger partial charge in [-0.3, -0.25) is 4.79 Å². The largest absolute Gasteiger partial charge is 0.396 e. The van der Waals surface area contributed by atoms with E-state index >= 15 is 0 Å². The second-order valence-corrected chi connectivity index (χ2v) is 4.71. The zero-order valence-electron chi connectivity index (χ0n) is 8.41. The van der Waals surface area contributed by atoms with E-state index in [1.165, 1.54) is 0 Å². The van der Waals surface area contributed by atoms with Crippen LogP contribution in [0.2, 0.25) is 0 Å². The molecule has 0 aromatic rings. The lowest BCUT2D eigenvalue weighted by Gasteiger charge is -2.48. The van der Waals surface area contributed by atoms with Gasteiger partial charge < -0.3 is 10.2 Å². The molecule has 2 fully saturated rings. The number of carbonyl (C=O) groups is 1. The quantitative estimate of drug-likeness (QED) is 0.657. The second-order valence-electron chi connectivity index (χ2n) is 4.71. The summed E-state index contributed by atoms with van der Waals surface area (Å²) in [6, 6.07) is 0. The summed E-state index contributed by atoms with van der Waals surface area (Å²) in [6.45, 7) is -0.0371. The van der Waals surface area contributed by atoms with Gasteiger partial charge in [-0.1, -0.05) is 12.8 Å². The SMILES string of the molecule is O=C1CC[C@H](O)[C@@]2(CO)CCCC[C@H]12. The highest BCUT2D eigenvalue weighted by atomic mass is 16.3. The maximum Gasteiger partial charge on any atom is 0.136 e. The average Bonchev–Trinajstić information content (AvgIpc) is 2.24. The molecule has 0 radical (unpaired) electrons. The van der Waals surface area contributed by atoms with E-state index in [0.717, 1.165) is 25.7 Å². The van der Waals surface area contributed by atoms with Gasteiger partial charge in [0.05, 0.1) is 12.7 Å². The molecule has 3 nitrogen and oxygen atoms in total. The zero-order valence-corrected chi connectivity index (χ0v) is 8.41. The van der Waals surface area contributed by atoms with Gasteiger partial charge in [-0.05, 0) is 19.3 Å². The van der Waals surface area contributed by atoms with E-state index in [-0.39, 0.29) is 18.3 Å². The van der Waals surface area contributed by atoms with E-state index in [4.69, 9.17) is 0 Å². The van der Waals surface area contributed by atoms with Crippen molar-refractivity contribution in [3.05, 3.63) is 0 Å². The first-order valence-electron chi connectivity index (χ1n) is 5.52. The fourth-order valence-electron chi connectivity index (χ4n) is 3.18. The molecule has 2 aliphatic carbocycles. The molecule has 0 unspecified atom stereocenters. The van der Waals surface area contributed by atoms with E-state index in [0.29, 0.717) is 12.8 Å². The molecule has 0 amide bonds. The van der Waals surface area contributed by atoms with Crippen LogP contribution in [0.3, 0.4) is 0 Å². The van der Waals surface area contributed by atoms with Crippen molar-refractivity contribution in [1.29, 1.82) is 0 Å². The van der Waals surface area contributed by atoms with Gasteiger partial charge >= 0.3 is 0 Å². The molecule has 3 heteroatoms. The maximum absolute atomic E-state index is 11.7. The van der Waals surface area contributed by atoms with Crippen molar-refractivity contribution in [3.8, 4) is 0 Å². The third-order valence-corrected chi connectivity index (χ3v) is 4.09. The summed E-state index contributed by atoms with van der Waals surface area (Å²) in [5.41, 5.74) is -0.492. The summed E-state index contributed by atoms with van der Waals surface area (Å²) in [7, 11) is 0. The molecule has 3 atom stereocenters. The summed E-state index contributed by atoms with van der Waals surface area (Å²) in [4.78, 5) is 11.7. The number of rotatable bonds is 1. The van der Waals surface area contributed by atoms with Crippen LogP contribution in [-0.2, 0) is 4.79 Å². The minimum atomic E-state index is -0.492. The third kappa shape index (κ3) is 1.30. The van der Waals surface area contributed by atoms with Crippen LogP contribution in [0.5, 0.6) is 0 Å². The van der Waals surface area contributed by atoms with Crippen molar-refractivity contribution >= 4 is 5.78 Å². The third-order valence-electron chi connectivity index (χ3n) is 4.09. The lowest BCUT2D eigenvalue weighted by molar-refractivity contribution is -0.151. The first kappa shape index (κ1) is 10.1. The molecule has 2 aliphatic rings. The molecule has 0 heterocycles. The van der Waals surface area contributed by atoms with Gasteiger partial charge in [0.2, 0.25) is 0 Å². The molecule has 0 spiro atoms. The van der Waals surface area contributed by atoms with Crippen molar-refractivity contribution in [3.63, 3.8) is 0 Å². The first-order valence-corrected chi connectivity index (χ1v) is 5.52. The van der Waals surface area contributed by atoms with Crippen LogP contribution in [0.15, 0.2) is 0 Å². The van der Waals surface area contributed by atoms with E-state index in [9.17, 15) is 15.0 Å². The molecule has 2 rings (SSSR count). The monoisotopic (exact) mass is 198 g/mol. The Balaban J connectivity index is 2.28.